The van der Waals surface area contributed by atoms with E-state index in [9.17, 15) is 13.2 Å². The molecule has 1 N–H and O–H groups in total. The monoisotopic (exact) mass is 589 g/mol. The summed E-state index contributed by atoms with van der Waals surface area (Å²) in [5, 5.41) is 7.42. The van der Waals surface area contributed by atoms with Crippen molar-refractivity contribution in [2.45, 2.75) is 25.8 Å². The largest absolute Gasteiger partial charge is 0.497 e. The number of hydrazine groups is 1. The molecule has 5 rings (SSSR count). The zero-order valence-electron chi connectivity index (χ0n) is 21.7. The van der Waals surface area contributed by atoms with Gasteiger partial charge in [0.25, 0.3) is 5.91 Å². The summed E-state index contributed by atoms with van der Waals surface area (Å²) >= 11 is 12.8. The van der Waals surface area contributed by atoms with Crippen LogP contribution >= 0.6 is 23.2 Å². The number of carbonyl (C=O) groups excluding carboxylic acids is 1. The third kappa shape index (κ3) is 6.00. The molecule has 0 spiro atoms. The fourth-order valence-electron chi connectivity index (χ4n) is 4.89. The molecular formula is C27H29Cl2N5O4S. The number of rotatable bonds is 6. The second kappa shape index (κ2) is 11.3. The highest BCUT2D eigenvalue weighted by Gasteiger charge is 2.35. The van der Waals surface area contributed by atoms with Gasteiger partial charge in [-0.3, -0.25) is 10.2 Å². The van der Waals surface area contributed by atoms with Gasteiger partial charge in [0.1, 0.15) is 5.75 Å². The number of halogens is 2. The highest BCUT2D eigenvalue weighted by Crippen LogP contribution is 2.36. The third-order valence-electron chi connectivity index (χ3n) is 6.86. The zero-order valence-corrected chi connectivity index (χ0v) is 24.0. The lowest BCUT2D eigenvalue weighted by molar-refractivity contribution is 0.0742. The number of benzene rings is 2. The van der Waals surface area contributed by atoms with Crippen molar-refractivity contribution in [2.24, 2.45) is 0 Å². The molecule has 0 atom stereocenters. The maximum atomic E-state index is 13.6. The first-order valence-electron chi connectivity index (χ1n) is 12.6. The van der Waals surface area contributed by atoms with Crippen LogP contribution in [0.15, 0.2) is 42.5 Å². The molecule has 12 heteroatoms. The van der Waals surface area contributed by atoms with Crippen LogP contribution in [0.4, 0.5) is 0 Å². The first-order chi connectivity index (χ1) is 18.6. The minimum atomic E-state index is -3.59. The van der Waals surface area contributed by atoms with Crippen LogP contribution in [-0.4, -0.2) is 66.4 Å². The van der Waals surface area contributed by atoms with Gasteiger partial charge in [-0.15, -0.1) is 0 Å². The Bertz CT molecular complexity index is 1530. The van der Waals surface area contributed by atoms with Crippen molar-refractivity contribution in [2.75, 3.05) is 33.0 Å². The predicted molar refractivity (Wildman–Crippen MR) is 153 cm³/mol. The summed E-state index contributed by atoms with van der Waals surface area (Å²) in [5.74, 6) is 0.310. The second-order valence-electron chi connectivity index (χ2n) is 9.65. The Balaban J connectivity index is 1.69. The molecule has 1 saturated heterocycles. The molecule has 0 saturated carbocycles. The summed E-state index contributed by atoms with van der Waals surface area (Å²) in [7, 11) is -2.00. The molecule has 3 aromatic rings. The van der Waals surface area contributed by atoms with E-state index in [2.05, 4.69) is 5.43 Å². The number of sulfonamides is 1. The van der Waals surface area contributed by atoms with E-state index in [4.69, 9.17) is 33.0 Å². The summed E-state index contributed by atoms with van der Waals surface area (Å²) in [5.41, 5.74) is 6.28. The smallest absolute Gasteiger partial charge is 0.286 e. The highest BCUT2D eigenvalue weighted by molar-refractivity contribution is 7.88. The minimum Gasteiger partial charge on any atom is -0.497 e. The standard InChI is InChI=1S/C27H29Cl2N5O4S/c1-38-21-9-6-18(7-10-21)14-19-16-33(39(2,36)37)17-22-25(27(35)31-32-12-4-3-5-13-32)30-34(26(19)22)24-11-8-20(28)15-23(24)29/h6-11,14-15H,3-5,12-13,16-17H2,1-2H3,(H,31,35)/b19-14+. The van der Waals surface area contributed by atoms with Gasteiger partial charge in [0, 0.05) is 36.8 Å². The van der Waals surface area contributed by atoms with Crippen LogP contribution in [0.2, 0.25) is 10.0 Å². The maximum absolute atomic E-state index is 13.6. The lowest BCUT2D eigenvalue weighted by Crippen LogP contribution is -2.45. The number of nitrogens with one attached hydrogen (secondary N) is 1. The molecule has 206 valence electrons. The van der Waals surface area contributed by atoms with E-state index < -0.39 is 15.9 Å². The van der Waals surface area contributed by atoms with Crippen LogP contribution in [-0.2, 0) is 16.6 Å². The Labute approximate surface area is 238 Å². The Morgan fingerprint density at radius 3 is 2.41 bits per heavy atom. The van der Waals surface area contributed by atoms with Gasteiger partial charge in [0.05, 0.1) is 29.8 Å². The van der Waals surface area contributed by atoms with E-state index in [1.54, 1.807) is 30.0 Å². The Morgan fingerprint density at radius 1 is 1.05 bits per heavy atom. The number of hydrogen-bond donors (Lipinski definition) is 1. The number of ether oxygens (including phenoxy) is 1. The molecule has 3 heterocycles. The minimum absolute atomic E-state index is 0.00206. The van der Waals surface area contributed by atoms with E-state index >= 15 is 0 Å². The van der Waals surface area contributed by atoms with Crippen LogP contribution in [0.1, 0.15) is 46.6 Å². The number of aromatic nitrogens is 2. The highest BCUT2D eigenvalue weighted by atomic mass is 35.5. The molecule has 0 unspecified atom stereocenters. The summed E-state index contributed by atoms with van der Waals surface area (Å²) in [6.07, 6.45) is 6.16. The van der Waals surface area contributed by atoms with Gasteiger partial charge in [0.2, 0.25) is 10.0 Å². The van der Waals surface area contributed by atoms with Gasteiger partial charge in [-0.2, -0.15) is 9.40 Å². The van der Waals surface area contributed by atoms with E-state index in [1.807, 2.05) is 35.4 Å². The molecule has 2 aliphatic heterocycles. The van der Waals surface area contributed by atoms with Crippen molar-refractivity contribution in [3.8, 4) is 11.4 Å². The van der Waals surface area contributed by atoms with Gasteiger partial charge < -0.3 is 4.74 Å². The Morgan fingerprint density at radius 2 is 1.77 bits per heavy atom. The number of nitrogens with zero attached hydrogens (tertiary/aromatic N) is 4. The summed E-state index contributed by atoms with van der Waals surface area (Å²) in [4.78, 5) is 13.6. The van der Waals surface area contributed by atoms with Crippen LogP contribution in [0.25, 0.3) is 17.3 Å². The second-order valence-corrected chi connectivity index (χ2v) is 12.5. The molecule has 0 bridgehead atoms. The summed E-state index contributed by atoms with van der Waals surface area (Å²) in [6.45, 7) is 1.59. The van der Waals surface area contributed by atoms with Crippen LogP contribution in [0.5, 0.6) is 5.75 Å². The maximum Gasteiger partial charge on any atom is 0.286 e. The van der Waals surface area contributed by atoms with Crippen molar-refractivity contribution in [1.29, 1.82) is 0 Å². The van der Waals surface area contributed by atoms with Crippen molar-refractivity contribution in [3.63, 3.8) is 0 Å². The SMILES string of the molecule is COc1ccc(/C=C2\CN(S(C)(=O)=O)Cc3c(C(=O)NN4CCCCC4)nn(-c4ccc(Cl)cc4Cl)c32)cc1. The third-order valence-corrected chi connectivity index (χ3v) is 8.60. The molecule has 2 aliphatic rings. The van der Waals surface area contributed by atoms with Crippen molar-refractivity contribution in [1.82, 2.24) is 24.5 Å². The molecular weight excluding hydrogens is 561 g/mol. The number of amides is 1. The van der Waals surface area contributed by atoms with Crippen LogP contribution in [0.3, 0.4) is 0 Å². The Hall–Kier alpha value is -2.89. The summed E-state index contributed by atoms with van der Waals surface area (Å²) in [6, 6.07) is 12.5. The molecule has 2 aromatic carbocycles. The number of fused-ring (bicyclic) bond motifs is 1. The number of piperidine rings is 1. The molecule has 1 aromatic heterocycles. The topological polar surface area (TPSA) is 96.8 Å². The van der Waals surface area contributed by atoms with E-state index in [1.165, 1.54) is 4.31 Å². The molecule has 1 amide bonds. The van der Waals surface area contributed by atoms with Gasteiger partial charge in [-0.1, -0.05) is 41.8 Å². The molecule has 0 aliphatic carbocycles. The fraction of sp³-hybridized carbons (Fsp3) is 0.333. The van der Waals surface area contributed by atoms with Crippen LogP contribution in [0, 0.1) is 0 Å². The van der Waals surface area contributed by atoms with Gasteiger partial charge in [0.15, 0.2) is 5.69 Å². The van der Waals surface area contributed by atoms with Gasteiger partial charge in [-0.25, -0.2) is 18.1 Å². The Kier molecular flexibility index (Phi) is 8.02. The summed E-state index contributed by atoms with van der Waals surface area (Å²) < 4.78 is 33.7. The first kappa shape index (κ1) is 27.7. The van der Waals surface area contributed by atoms with E-state index in [-0.39, 0.29) is 18.8 Å². The number of methoxy groups -OCH3 is 1. The van der Waals surface area contributed by atoms with Crippen molar-refractivity contribution >= 4 is 50.8 Å². The first-order valence-corrected chi connectivity index (χ1v) is 15.2. The van der Waals surface area contributed by atoms with E-state index in [0.717, 1.165) is 44.2 Å². The van der Waals surface area contributed by atoms with Crippen LogP contribution < -0.4 is 10.2 Å². The number of carbonyl (C=O) groups is 1. The quantitative estimate of drug-likeness (QED) is 0.450. The molecule has 9 nitrogen and oxygen atoms in total. The normalized spacial score (nSPS) is 17.7. The zero-order chi connectivity index (χ0) is 27.7. The average Bonchev–Trinajstić information content (AvgIpc) is 3.29. The van der Waals surface area contributed by atoms with Gasteiger partial charge in [-0.05, 0) is 60.4 Å². The molecule has 1 fully saturated rings. The lowest BCUT2D eigenvalue weighted by Gasteiger charge is -2.29. The predicted octanol–water partition coefficient (Wildman–Crippen LogP) is 4.63. The lowest BCUT2D eigenvalue weighted by atomic mass is 9.99. The van der Waals surface area contributed by atoms with Crippen molar-refractivity contribution < 1.29 is 17.9 Å². The number of hydrogen-bond acceptors (Lipinski definition) is 6. The molecule has 39 heavy (non-hydrogen) atoms. The average molecular weight is 591 g/mol. The fourth-order valence-corrected chi connectivity index (χ4v) is 6.11. The van der Waals surface area contributed by atoms with Crippen molar-refractivity contribution in [3.05, 3.63) is 75.0 Å². The van der Waals surface area contributed by atoms with Gasteiger partial charge >= 0.3 is 0 Å². The van der Waals surface area contributed by atoms with E-state index in [0.29, 0.717) is 38.3 Å². The molecule has 0 radical (unpaired) electrons.